The molecule has 4 aromatic rings. The van der Waals surface area contributed by atoms with Crippen LogP contribution in [0, 0.1) is 0 Å². The summed E-state index contributed by atoms with van der Waals surface area (Å²) in [6.45, 7) is 4.68. The first kappa shape index (κ1) is 25.5. The number of nitrogens with zero attached hydrogens (tertiary/aromatic N) is 5. The quantitative estimate of drug-likeness (QED) is 0.384. The van der Waals surface area contributed by atoms with Crippen LogP contribution in [-0.2, 0) is 11.2 Å². The summed E-state index contributed by atoms with van der Waals surface area (Å²) in [6.07, 6.45) is 8.81. The Morgan fingerprint density at radius 3 is 2.33 bits per heavy atom. The molecule has 2 fully saturated rings. The second-order valence-electron chi connectivity index (χ2n) is 11.0. The third-order valence-electron chi connectivity index (χ3n) is 8.44. The second kappa shape index (κ2) is 11.2. The van der Waals surface area contributed by atoms with E-state index in [0.717, 1.165) is 59.3 Å². The molecule has 39 heavy (non-hydrogen) atoms. The van der Waals surface area contributed by atoms with Gasteiger partial charge in [0.25, 0.3) is 0 Å². The summed E-state index contributed by atoms with van der Waals surface area (Å²) >= 11 is 0. The van der Waals surface area contributed by atoms with Crippen molar-refractivity contribution in [2.75, 3.05) is 44.3 Å². The number of aromatic nitrogens is 3. The normalized spacial score (nSPS) is 20.7. The molecule has 1 aliphatic heterocycles. The van der Waals surface area contributed by atoms with E-state index in [1.54, 1.807) is 6.33 Å². The number of amides is 1. The van der Waals surface area contributed by atoms with Crippen molar-refractivity contribution in [2.45, 2.75) is 44.2 Å². The van der Waals surface area contributed by atoms with Crippen molar-refractivity contribution in [1.82, 2.24) is 24.3 Å². The van der Waals surface area contributed by atoms with Crippen molar-refractivity contribution < 1.29 is 4.79 Å². The summed E-state index contributed by atoms with van der Waals surface area (Å²) in [6, 6.07) is 18.8. The third kappa shape index (κ3) is 5.53. The van der Waals surface area contributed by atoms with Crippen molar-refractivity contribution >= 4 is 28.4 Å². The maximum absolute atomic E-state index is 12.5. The molecular weight excluding hydrogens is 486 g/mol. The molecule has 0 atom stereocenters. The average molecular weight is 524 g/mol. The van der Waals surface area contributed by atoms with E-state index in [2.05, 4.69) is 55.0 Å². The molecule has 202 valence electrons. The third-order valence-corrected chi connectivity index (χ3v) is 8.44. The summed E-state index contributed by atoms with van der Waals surface area (Å²) in [7, 11) is 2.22. The lowest BCUT2D eigenvalue weighted by Gasteiger charge is -2.41. The number of fused-ring (bicyclic) bond motifs is 1. The van der Waals surface area contributed by atoms with Crippen LogP contribution in [0.4, 0.5) is 11.5 Å². The summed E-state index contributed by atoms with van der Waals surface area (Å²) < 4.78 is 2.34. The number of nitrogens with one attached hydrogen (secondary N) is 1. The molecule has 3 heterocycles. The summed E-state index contributed by atoms with van der Waals surface area (Å²) in [5.74, 6) is 0.474. The minimum absolute atomic E-state index is 0.0321. The van der Waals surface area contributed by atoms with Gasteiger partial charge in [0.2, 0.25) is 5.91 Å². The van der Waals surface area contributed by atoms with Gasteiger partial charge in [-0.25, -0.2) is 9.97 Å². The van der Waals surface area contributed by atoms with Crippen LogP contribution in [-0.4, -0.2) is 69.5 Å². The highest BCUT2D eigenvalue weighted by Crippen LogP contribution is 2.39. The number of piperazine rings is 1. The molecule has 1 aliphatic carbocycles. The van der Waals surface area contributed by atoms with Crippen LogP contribution in [0.5, 0.6) is 0 Å². The number of rotatable bonds is 6. The summed E-state index contributed by atoms with van der Waals surface area (Å²) in [5.41, 5.74) is 11.2. The van der Waals surface area contributed by atoms with Gasteiger partial charge in [0.15, 0.2) is 0 Å². The van der Waals surface area contributed by atoms with Gasteiger partial charge in [-0.05, 0) is 56.0 Å². The van der Waals surface area contributed by atoms with E-state index in [0.29, 0.717) is 24.3 Å². The Labute approximate surface area is 229 Å². The van der Waals surface area contributed by atoms with Crippen LogP contribution in [0.3, 0.4) is 0 Å². The molecule has 1 amide bonds. The predicted molar refractivity (Wildman–Crippen MR) is 157 cm³/mol. The Morgan fingerprint density at radius 1 is 0.923 bits per heavy atom. The van der Waals surface area contributed by atoms with Gasteiger partial charge in [-0.2, -0.15) is 0 Å². The molecule has 2 aromatic carbocycles. The number of nitrogen functional groups attached to an aromatic ring is 1. The van der Waals surface area contributed by atoms with E-state index in [9.17, 15) is 4.79 Å². The molecular formula is C31H37N7O. The maximum Gasteiger partial charge on any atom is 0.228 e. The Balaban J connectivity index is 1.19. The maximum atomic E-state index is 12.5. The highest BCUT2D eigenvalue weighted by Gasteiger charge is 2.30. The molecule has 2 aromatic heterocycles. The first-order valence-corrected chi connectivity index (χ1v) is 14.0. The highest BCUT2D eigenvalue weighted by molar-refractivity contribution is 6.00. The van der Waals surface area contributed by atoms with Crippen LogP contribution in [0.1, 0.15) is 37.3 Å². The number of carbonyl (C=O) groups excluding carboxylic acids is 1. The number of carbonyl (C=O) groups is 1. The Kier molecular flexibility index (Phi) is 7.30. The van der Waals surface area contributed by atoms with Crippen molar-refractivity contribution in [3.63, 3.8) is 0 Å². The zero-order valence-corrected chi connectivity index (χ0v) is 22.6. The van der Waals surface area contributed by atoms with E-state index >= 15 is 0 Å². The zero-order valence-electron chi connectivity index (χ0n) is 22.6. The number of hydrogen-bond acceptors (Lipinski definition) is 6. The summed E-state index contributed by atoms with van der Waals surface area (Å²) in [4.78, 5) is 26.6. The number of likely N-dealkylation sites (N-methyl/N-ethyl adjacent to an activating group) is 1. The van der Waals surface area contributed by atoms with E-state index in [4.69, 9.17) is 5.73 Å². The molecule has 0 spiro atoms. The Hall–Kier alpha value is -3.75. The first-order chi connectivity index (χ1) is 19.0. The topological polar surface area (TPSA) is 92.3 Å². The smallest absolute Gasteiger partial charge is 0.228 e. The van der Waals surface area contributed by atoms with Gasteiger partial charge >= 0.3 is 0 Å². The fourth-order valence-electron chi connectivity index (χ4n) is 6.21. The first-order valence-electron chi connectivity index (χ1n) is 14.0. The van der Waals surface area contributed by atoms with Crippen molar-refractivity contribution in [3.8, 4) is 11.1 Å². The van der Waals surface area contributed by atoms with Gasteiger partial charge in [-0.3, -0.25) is 9.69 Å². The van der Waals surface area contributed by atoms with Crippen LogP contribution < -0.4 is 11.1 Å². The number of benzene rings is 2. The summed E-state index contributed by atoms with van der Waals surface area (Å²) in [5, 5.41) is 3.86. The molecule has 8 nitrogen and oxygen atoms in total. The molecule has 0 bridgehead atoms. The Morgan fingerprint density at radius 2 is 1.62 bits per heavy atom. The molecule has 0 unspecified atom stereocenters. The number of nitrogens with two attached hydrogens (primary N) is 1. The second-order valence-corrected chi connectivity index (χ2v) is 11.0. The molecule has 1 saturated carbocycles. The van der Waals surface area contributed by atoms with Gasteiger partial charge in [0.1, 0.15) is 17.8 Å². The molecule has 8 heteroatoms. The number of para-hydroxylation sites is 1. The monoisotopic (exact) mass is 523 g/mol. The fraction of sp³-hybridized carbons (Fsp3) is 0.387. The average Bonchev–Trinajstić information content (AvgIpc) is 3.35. The van der Waals surface area contributed by atoms with Gasteiger partial charge in [-0.1, -0.05) is 42.5 Å². The van der Waals surface area contributed by atoms with Crippen molar-refractivity contribution in [2.24, 2.45) is 0 Å². The molecule has 3 N–H and O–H groups in total. The van der Waals surface area contributed by atoms with E-state index in [1.165, 1.54) is 25.9 Å². The van der Waals surface area contributed by atoms with Crippen LogP contribution >= 0.6 is 0 Å². The lowest BCUT2D eigenvalue weighted by atomic mass is 9.89. The van der Waals surface area contributed by atoms with Crippen LogP contribution in [0.2, 0.25) is 0 Å². The SMILES string of the molecule is CN1CCN([C@H]2CC[C@@H](n3cc(-c4ccc(CC(=O)Nc5ccccc5)cc4)c4c(N)ncnc43)CC2)CC1. The largest absolute Gasteiger partial charge is 0.383 e. The van der Waals surface area contributed by atoms with Crippen LogP contribution in [0.15, 0.2) is 67.1 Å². The van der Waals surface area contributed by atoms with E-state index < -0.39 is 0 Å². The van der Waals surface area contributed by atoms with Crippen molar-refractivity contribution in [1.29, 1.82) is 0 Å². The van der Waals surface area contributed by atoms with Crippen LogP contribution in [0.25, 0.3) is 22.2 Å². The standard InChI is InChI=1S/C31H37N7O/c1-36-15-17-37(18-16-36)25-11-13-26(14-12-25)38-20-27(29-30(32)33-21-34-31(29)38)23-9-7-22(8-10-23)19-28(39)35-24-5-3-2-4-6-24/h2-10,20-21,25-26H,11-19H2,1H3,(H,35,39)(H2,32,33,34)/t25-,26+. The van der Waals surface area contributed by atoms with Crippen molar-refractivity contribution in [3.05, 3.63) is 72.7 Å². The van der Waals surface area contributed by atoms with Gasteiger partial charge in [-0.15, -0.1) is 0 Å². The zero-order chi connectivity index (χ0) is 26.8. The van der Waals surface area contributed by atoms with Gasteiger partial charge < -0.3 is 20.5 Å². The highest BCUT2D eigenvalue weighted by atomic mass is 16.1. The van der Waals surface area contributed by atoms with Gasteiger partial charge in [0, 0.05) is 55.7 Å². The predicted octanol–water partition coefficient (Wildman–Crippen LogP) is 4.59. The minimum Gasteiger partial charge on any atom is -0.383 e. The Bertz CT molecular complexity index is 1420. The number of anilines is 2. The minimum atomic E-state index is -0.0321. The molecule has 6 rings (SSSR count). The van der Waals surface area contributed by atoms with E-state index in [1.807, 2.05) is 42.5 Å². The number of hydrogen-bond donors (Lipinski definition) is 2. The van der Waals surface area contributed by atoms with E-state index in [-0.39, 0.29) is 5.91 Å². The lowest BCUT2D eigenvalue weighted by molar-refractivity contribution is -0.115. The molecule has 1 saturated heterocycles. The fourth-order valence-corrected chi connectivity index (χ4v) is 6.21. The molecule has 2 aliphatic rings. The molecule has 0 radical (unpaired) electrons. The van der Waals surface area contributed by atoms with Gasteiger partial charge in [0.05, 0.1) is 11.8 Å². The lowest BCUT2D eigenvalue weighted by Crippen LogP contribution is -2.49.